The first-order valence-electron chi connectivity index (χ1n) is 6.51. The molecule has 0 atom stereocenters. The Morgan fingerprint density at radius 3 is 1.85 bits per heavy atom. The second-order valence-corrected chi connectivity index (χ2v) is 5.07. The van der Waals surface area contributed by atoms with E-state index in [4.69, 9.17) is 0 Å². The molecule has 0 aliphatic heterocycles. The lowest BCUT2D eigenvalue weighted by Crippen LogP contribution is -1.96. The Bertz CT molecular complexity index is 774. The predicted octanol–water partition coefficient (Wildman–Crippen LogP) is 1.84. The number of rotatable bonds is 2. The highest BCUT2D eigenvalue weighted by molar-refractivity contribution is 5.70. The molecular weight excluding hydrogens is 252 g/mol. The molecule has 0 fully saturated rings. The zero-order valence-electron chi connectivity index (χ0n) is 12.4. The summed E-state index contributed by atoms with van der Waals surface area (Å²) < 4.78 is 5.63. The quantitative estimate of drug-likeness (QED) is 0.714. The van der Waals surface area contributed by atoms with Gasteiger partial charge in [0.25, 0.3) is 0 Å². The van der Waals surface area contributed by atoms with Crippen LogP contribution >= 0.6 is 0 Å². The van der Waals surface area contributed by atoms with E-state index in [-0.39, 0.29) is 0 Å². The molecule has 0 radical (unpaired) electrons. The third-order valence-corrected chi connectivity index (χ3v) is 3.90. The number of nitrogens with zero attached hydrogens (tertiary/aromatic N) is 6. The molecule has 6 heteroatoms. The van der Waals surface area contributed by atoms with E-state index in [9.17, 15) is 0 Å². The lowest BCUT2D eigenvalue weighted by molar-refractivity contribution is 0.738. The molecule has 0 spiro atoms. The van der Waals surface area contributed by atoms with Gasteiger partial charge in [0.2, 0.25) is 0 Å². The van der Waals surface area contributed by atoms with Crippen molar-refractivity contribution in [1.29, 1.82) is 0 Å². The first-order valence-corrected chi connectivity index (χ1v) is 6.51. The minimum absolute atomic E-state index is 0.941. The monoisotopic (exact) mass is 270 g/mol. The van der Waals surface area contributed by atoms with Gasteiger partial charge >= 0.3 is 0 Å². The van der Waals surface area contributed by atoms with E-state index in [1.807, 2.05) is 54.5 Å². The number of aryl methyl sites for hydroxylation is 3. The Hall–Kier alpha value is -2.37. The van der Waals surface area contributed by atoms with Crippen molar-refractivity contribution < 1.29 is 0 Å². The van der Waals surface area contributed by atoms with Crippen LogP contribution in [0.25, 0.3) is 22.5 Å². The second kappa shape index (κ2) is 4.33. The Labute approximate surface area is 117 Å². The fourth-order valence-electron chi connectivity index (χ4n) is 2.35. The van der Waals surface area contributed by atoms with Gasteiger partial charge in [-0.05, 0) is 19.9 Å². The average molecular weight is 270 g/mol. The second-order valence-electron chi connectivity index (χ2n) is 5.07. The van der Waals surface area contributed by atoms with E-state index in [0.717, 1.165) is 33.9 Å². The normalized spacial score (nSPS) is 11.2. The van der Waals surface area contributed by atoms with Crippen molar-refractivity contribution >= 4 is 0 Å². The molecule has 0 aliphatic rings. The highest BCUT2D eigenvalue weighted by Crippen LogP contribution is 2.28. The Balaban J connectivity index is 2.12. The highest BCUT2D eigenvalue weighted by atomic mass is 15.3. The zero-order valence-corrected chi connectivity index (χ0v) is 12.4. The van der Waals surface area contributed by atoms with Crippen LogP contribution in [0.15, 0.2) is 18.5 Å². The van der Waals surface area contributed by atoms with Crippen LogP contribution in [0, 0.1) is 13.8 Å². The topological polar surface area (TPSA) is 53.5 Å². The van der Waals surface area contributed by atoms with Gasteiger partial charge in [-0.15, -0.1) is 0 Å². The SMILES string of the molecule is Cc1c(-c2cc(-c3cnn(C)c3C)n(C)n2)cnn1C. The minimum Gasteiger partial charge on any atom is -0.272 e. The van der Waals surface area contributed by atoms with Gasteiger partial charge in [0.1, 0.15) is 0 Å². The maximum atomic E-state index is 4.61. The molecule has 3 rings (SSSR count). The molecule has 3 aromatic heterocycles. The zero-order chi connectivity index (χ0) is 14.4. The van der Waals surface area contributed by atoms with Crippen molar-refractivity contribution in [3.05, 3.63) is 29.8 Å². The summed E-state index contributed by atoms with van der Waals surface area (Å²) in [4.78, 5) is 0. The third-order valence-electron chi connectivity index (χ3n) is 3.90. The van der Waals surface area contributed by atoms with Crippen molar-refractivity contribution in [2.24, 2.45) is 21.1 Å². The van der Waals surface area contributed by atoms with Crippen molar-refractivity contribution in [3.63, 3.8) is 0 Å². The summed E-state index contributed by atoms with van der Waals surface area (Å²) in [5.41, 5.74) is 6.41. The van der Waals surface area contributed by atoms with Crippen LogP contribution in [0.3, 0.4) is 0 Å². The van der Waals surface area contributed by atoms with Gasteiger partial charge < -0.3 is 0 Å². The molecule has 0 aliphatic carbocycles. The summed E-state index contributed by atoms with van der Waals surface area (Å²) in [6.45, 7) is 4.11. The van der Waals surface area contributed by atoms with Gasteiger partial charge in [0.05, 0.1) is 23.8 Å². The Morgan fingerprint density at radius 1 is 0.800 bits per heavy atom. The molecule has 0 bridgehead atoms. The van der Waals surface area contributed by atoms with Crippen LogP contribution in [-0.4, -0.2) is 29.3 Å². The lowest BCUT2D eigenvalue weighted by atomic mass is 10.1. The van der Waals surface area contributed by atoms with Crippen molar-refractivity contribution in [3.8, 4) is 22.5 Å². The van der Waals surface area contributed by atoms with Crippen molar-refractivity contribution in [2.45, 2.75) is 13.8 Å². The van der Waals surface area contributed by atoms with Gasteiger partial charge in [-0.3, -0.25) is 14.0 Å². The molecule has 0 amide bonds. The van der Waals surface area contributed by atoms with E-state index >= 15 is 0 Å². The van der Waals surface area contributed by atoms with Gasteiger partial charge in [0, 0.05) is 43.7 Å². The van der Waals surface area contributed by atoms with E-state index < -0.39 is 0 Å². The number of aromatic nitrogens is 6. The van der Waals surface area contributed by atoms with Crippen LogP contribution in [0.2, 0.25) is 0 Å². The molecule has 3 heterocycles. The van der Waals surface area contributed by atoms with Crippen LogP contribution in [0.4, 0.5) is 0 Å². The molecule has 0 unspecified atom stereocenters. The Morgan fingerprint density at radius 2 is 1.35 bits per heavy atom. The van der Waals surface area contributed by atoms with Gasteiger partial charge in [-0.1, -0.05) is 0 Å². The van der Waals surface area contributed by atoms with E-state index in [1.165, 1.54) is 0 Å². The predicted molar refractivity (Wildman–Crippen MR) is 77.1 cm³/mol. The average Bonchev–Trinajstić information content (AvgIpc) is 3.03. The summed E-state index contributed by atoms with van der Waals surface area (Å²) in [5, 5.41) is 13.2. The number of hydrogen-bond acceptors (Lipinski definition) is 3. The van der Waals surface area contributed by atoms with Crippen molar-refractivity contribution in [2.75, 3.05) is 0 Å². The maximum absolute atomic E-state index is 4.61. The van der Waals surface area contributed by atoms with Gasteiger partial charge in [-0.2, -0.15) is 15.3 Å². The molecule has 20 heavy (non-hydrogen) atoms. The summed E-state index contributed by atoms with van der Waals surface area (Å²) in [6, 6.07) is 2.09. The smallest absolute Gasteiger partial charge is 0.0963 e. The molecule has 0 aromatic carbocycles. The van der Waals surface area contributed by atoms with Crippen LogP contribution in [-0.2, 0) is 21.1 Å². The van der Waals surface area contributed by atoms with E-state index in [1.54, 1.807) is 0 Å². The molecule has 3 aromatic rings. The minimum atomic E-state index is 0.941. The molecule has 0 N–H and O–H groups in total. The number of hydrogen-bond donors (Lipinski definition) is 0. The summed E-state index contributed by atoms with van der Waals surface area (Å²) in [7, 11) is 5.84. The fraction of sp³-hybridized carbons (Fsp3) is 0.357. The Kier molecular flexibility index (Phi) is 2.74. The summed E-state index contributed by atoms with van der Waals surface area (Å²) in [6.07, 6.45) is 3.74. The third kappa shape index (κ3) is 1.76. The van der Waals surface area contributed by atoms with Crippen LogP contribution < -0.4 is 0 Å². The van der Waals surface area contributed by atoms with E-state index in [0.29, 0.717) is 0 Å². The van der Waals surface area contributed by atoms with Crippen molar-refractivity contribution in [1.82, 2.24) is 29.3 Å². The first kappa shape index (κ1) is 12.7. The molecule has 0 saturated carbocycles. The fourth-order valence-corrected chi connectivity index (χ4v) is 2.35. The summed E-state index contributed by atoms with van der Waals surface area (Å²) in [5.74, 6) is 0. The molecule has 6 nitrogen and oxygen atoms in total. The molecule has 104 valence electrons. The van der Waals surface area contributed by atoms with Crippen LogP contribution in [0.5, 0.6) is 0 Å². The molecule has 0 saturated heterocycles. The standard InChI is InChI=1S/C14H18N6/c1-9-11(7-15-18(9)3)13-6-14(20(5)17-13)12-8-16-19(4)10(12)2/h6-8H,1-5H3. The van der Waals surface area contributed by atoms with Gasteiger partial charge in [0.15, 0.2) is 0 Å². The highest BCUT2D eigenvalue weighted by Gasteiger charge is 2.16. The van der Waals surface area contributed by atoms with E-state index in [2.05, 4.69) is 28.3 Å². The summed E-state index contributed by atoms with van der Waals surface area (Å²) >= 11 is 0. The molecular formula is C14H18N6. The van der Waals surface area contributed by atoms with Crippen LogP contribution in [0.1, 0.15) is 11.4 Å². The maximum Gasteiger partial charge on any atom is 0.0963 e. The first-order chi connectivity index (χ1) is 9.49. The lowest BCUT2D eigenvalue weighted by Gasteiger charge is -2.00. The largest absolute Gasteiger partial charge is 0.272 e. The van der Waals surface area contributed by atoms with Gasteiger partial charge in [-0.25, -0.2) is 0 Å².